The van der Waals surface area contributed by atoms with Crippen molar-refractivity contribution in [1.82, 2.24) is 0 Å². The molecule has 0 radical (unpaired) electrons. The van der Waals surface area contributed by atoms with Gasteiger partial charge in [-0.05, 0) is 24.1 Å². The van der Waals surface area contributed by atoms with E-state index in [4.69, 9.17) is 20.7 Å². The van der Waals surface area contributed by atoms with Crippen LogP contribution in [0.2, 0.25) is 0 Å². The van der Waals surface area contributed by atoms with E-state index >= 15 is 0 Å². The van der Waals surface area contributed by atoms with E-state index in [-0.39, 0.29) is 5.97 Å². The van der Waals surface area contributed by atoms with Gasteiger partial charge in [-0.25, -0.2) is 0 Å². The van der Waals surface area contributed by atoms with Crippen molar-refractivity contribution < 1.29 is 19.7 Å². The van der Waals surface area contributed by atoms with E-state index in [1.807, 2.05) is 0 Å². The molecule has 0 aliphatic rings. The predicted molar refractivity (Wildman–Crippen MR) is 57.7 cm³/mol. The second-order valence-corrected chi connectivity index (χ2v) is 3.52. The van der Waals surface area contributed by atoms with Crippen LogP contribution in [0, 0.1) is 0 Å². The number of nitrogens with two attached hydrogens (primary N) is 1. The molecule has 0 aliphatic carbocycles. The van der Waals surface area contributed by atoms with Crippen LogP contribution in [0.3, 0.4) is 0 Å². The Morgan fingerprint density at radius 3 is 2.38 bits per heavy atom. The number of esters is 1. The van der Waals surface area contributed by atoms with Crippen molar-refractivity contribution in [2.75, 3.05) is 0 Å². The topological polar surface area (TPSA) is 92.8 Å². The molecule has 0 saturated heterocycles. The molecule has 1 aromatic rings. The summed E-state index contributed by atoms with van der Waals surface area (Å²) in [7, 11) is 0. The Labute approximate surface area is 93.5 Å². The van der Waals surface area contributed by atoms with Crippen molar-refractivity contribution in [2.45, 2.75) is 25.7 Å². The van der Waals surface area contributed by atoms with Gasteiger partial charge in [0, 0.05) is 6.92 Å². The molecule has 0 amide bonds. The van der Waals surface area contributed by atoms with E-state index < -0.39 is 12.3 Å². The maximum Gasteiger partial charge on any atom is 0.308 e. The van der Waals surface area contributed by atoms with Crippen molar-refractivity contribution in [3.8, 4) is 5.75 Å². The van der Waals surface area contributed by atoms with Gasteiger partial charge in [-0.3, -0.25) is 4.79 Å². The standard InChI is InChI=1S/C11H15NO4/c1-7(13)16-9-4-2-8(3-5-9)6-10(12)11(14)15/h2-5,10-11,14-15H,6,12H2,1H3/t10-/m0/s1. The average molecular weight is 225 g/mol. The van der Waals surface area contributed by atoms with Gasteiger partial charge < -0.3 is 20.7 Å². The highest BCUT2D eigenvalue weighted by Gasteiger charge is 2.11. The molecule has 0 fully saturated rings. The maximum absolute atomic E-state index is 10.7. The van der Waals surface area contributed by atoms with Crippen molar-refractivity contribution in [3.05, 3.63) is 29.8 Å². The van der Waals surface area contributed by atoms with E-state index in [2.05, 4.69) is 0 Å². The van der Waals surface area contributed by atoms with Crippen LogP contribution in [0.15, 0.2) is 24.3 Å². The lowest BCUT2D eigenvalue weighted by Gasteiger charge is -2.13. The van der Waals surface area contributed by atoms with Crippen molar-refractivity contribution in [3.63, 3.8) is 0 Å². The van der Waals surface area contributed by atoms with Crippen LogP contribution in [-0.4, -0.2) is 28.5 Å². The summed E-state index contributed by atoms with van der Waals surface area (Å²) in [4.78, 5) is 10.7. The Hall–Kier alpha value is -1.43. The van der Waals surface area contributed by atoms with Gasteiger partial charge in [-0.1, -0.05) is 12.1 Å². The van der Waals surface area contributed by atoms with E-state index in [0.717, 1.165) is 5.56 Å². The summed E-state index contributed by atoms with van der Waals surface area (Å²) in [5.74, 6) is 0.0737. The molecule has 0 unspecified atom stereocenters. The maximum atomic E-state index is 10.7. The number of ether oxygens (including phenoxy) is 1. The average Bonchev–Trinajstić information content (AvgIpc) is 2.20. The van der Waals surface area contributed by atoms with Crippen LogP contribution >= 0.6 is 0 Å². The summed E-state index contributed by atoms with van der Waals surface area (Å²) < 4.78 is 4.85. The fraction of sp³-hybridized carbons (Fsp3) is 0.364. The van der Waals surface area contributed by atoms with Crippen molar-refractivity contribution in [2.24, 2.45) is 5.73 Å². The number of aliphatic hydroxyl groups is 2. The third kappa shape index (κ3) is 3.98. The van der Waals surface area contributed by atoms with E-state index in [1.165, 1.54) is 6.92 Å². The normalized spacial score (nSPS) is 12.6. The highest BCUT2D eigenvalue weighted by Crippen LogP contribution is 2.13. The molecule has 0 aliphatic heterocycles. The molecule has 0 aromatic heterocycles. The van der Waals surface area contributed by atoms with Crippen molar-refractivity contribution >= 4 is 5.97 Å². The number of benzene rings is 1. The van der Waals surface area contributed by atoms with Crippen LogP contribution in [0.5, 0.6) is 5.75 Å². The quantitative estimate of drug-likeness (QED) is 0.374. The van der Waals surface area contributed by atoms with Crippen LogP contribution in [0.4, 0.5) is 0 Å². The molecule has 0 heterocycles. The van der Waals surface area contributed by atoms with E-state index in [9.17, 15) is 4.79 Å². The van der Waals surface area contributed by atoms with Gasteiger partial charge in [-0.2, -0.15) is 0 Å². The zero-order chi connectivity index (χ0) is 12.1. The summed E-state index contributed by atoms with van der Waals surface area (Å²) in [5, 5.41) is 17.6. The third-order valence-corrected chi connectivity index (χ3v) is 2.04. The summed E-state index contributed by atoms with van der Waals surface area (Å²) in [5.41, 5.74) is 6.33. The molecular formula is C11H15NO4. The molecular weight excluding hydrogens is 210 g/mol. The molecule has 1 rings (SSSR count). The second-order valence-electron chi connectivity index (χ2n) is 3.52. The van der Waals surface area contributed by atoms with E-state index in [1.54, 1.807) is 24.3 Å². The molecule has 0 spiro atoms. The number of carbonyl (C=O) groups excluding carboxylic acids is 1. The highest BCUT2D eigenvalue weighted by molar-refractivity contribution is 5.69. The lowest BCUT2D eigenvalue weighted by atomic mass is 10.1. The molecule has 0 bridgehead atoms. The summed E-state index contributed by atoms with van der Waals surface area (Å²) in [6.07, 6.45) is -1.19. The minimum absolute atomic E-state index is 0.345. The van der Waals surface area contributed by atoms with Gasteiger partial charge in [0.1, 0.15) is 5.75 Å². The number of hydrogen-bond acceptors (Lipinski definition) is 5. The van der Waals surface area contributed by atoms with Gasteiger partial charge >= 0.3 is 5.97 Å². The lowest BCUT2D eigenvalue weighted by molar-refractivity contribution is -0.131. The number of rotatable bonds is 4. The smallest absolute Gasteiger partial charge is 0.308 e. The summed E-state index contributed by atoms with van der Waals surface area (Å²) in [6.45, 7) is 1.33. The molecule has 1 aromatic carbocycles. The molecule has 88 valence electrons. The zero-order valence-electron chi connectivity index (χ0n) is 8.96. The number of hydrogen-bond donors (Lipinski definition) is 3. The Morgan fingerprint density at radius 2 is 1.94 bits per heavy atom. The second kappa shape index (κ2) is 5.60. The molecule has 4 N–H and O–H groups in total. The monoisotopic (exact) mass is 225 g/mol. The van der Waals surface area contributed by atoms with Gasteiger partial charge in [0.2, 0.25) is 0 Å². The first kappa shape index (κ1) is 12.6. The van der Waals surface area contributed by atoms with Gasteiger partial charge in [0.05, 0.1) is 6.04 Å². The van der Waals surface area contributed by atoms with Crippen LogP contribution in [-0.2, 0) is 11.2 Å². The molecule has 16 heavy (non-hydrogen) atoms. The summed E-state index contributed by atoms with van der Waals surface area (Å²) >= 11 is 0. The first-order valence-electron chi connectivity index (χ1n) is 4.88. The fourth-order valence-corrected chi connectivity index (χ4v) is 1.24. The zero-order valence-corrected chi connectivity index (χ0v) is 8.96. The first-order valence-corrected chi connectivity index (χ1v) is 4.88. The Bertz CT molecular complexity index is 348. The van der Waals surface area contributed by atoms with Crippen LogP contribution < -0.4 is 10.5 Å². The van der Waals surface area contributed by atoms with Gasteiger partial charge in [0.25, 0.3) is 0 Å². The largest absolute Gasteiger partial charge is 0.427 e. The van der Waals surface area contributed by atoms with Gasteiger partial charge in [0.15, 0.2) is 6.29 Å². The number of aliphatic hydroxyl groups excluding tert-OH is 1. The summed E-state index contributed by atoms with van der Waals surface area (Å²) in [6, 6.07) is 5.99. The Balaban J connectivity index is 2.61. The molecule has 5 heteroatoms. The first-order chi connectivity index (χ1) is 7.49. The minimum atomic E-state index is -1.53. The molecule has 5 nitrogen and oxygen atoms in total. The molecule has 0 saturated carbocycles. The van der Waals surface area contributed by atoms with Gasteiger partial charge in [-0.15, -0.1) is 0 Å². The minimum Gasteiger partial charge on any atom is -0.427 e. The highest BCUT2D eigenvalue weighted by atomic mass is 16.5. The Morgan fingerprint density at radius 1 is 1.38 bits per heavy atom. The lowest BCUT2D eigenvalue weighted by Crippen LogP contribution is -2.36. The van der Waals surface area contributed by atoms with E-state index in [0.29, 0.717) is 12.2 Å². The van der Waals surface area contributed by atoms with Crippen molar-refractivity contribution in [1.29, 1.82) is 0 Å². The van der Waals surface area contributed by atoms with Crippen LogP contribution in [0.1, 0.15) is 12.5 Å². The SMILES string of the molecule is CC(=O)Oc1ccc(C[C@H](N)C(O)O)cc1. The third-order valence-electron chi connectivity index (χ3n) is 2.04. The predicted octanol–water partition coefficient (Wildman–Crippen LogP) is -0.208. The number of carbonyl (C=O) groups is 1. The fourth-order valence-electron chi connectivity index (χ4n) is 1.24. The van der Waals surface area contributed by atoms with Crippen LogP contribution in [0.25, 0.3) is 0 Å². The molecule has 1 atom stereocenters. The Kier molecular flexibility index (Phi) is 4.42.